The van der Waals surface area contributed by atoms with Crippen LogP contribution in [0.2, 0.25) is 0 Å². The zero-order valence-electron chi connectivity index (χ0n) is 16.6. The van der Waals surface area contributed by atoms with Gasteiger partial charge in [-0.05, 0) is 64.2 Å². The molecule has 152 valence electrons. The fourth-order valence-electron chi connectivity index (χ4n) is 3.25. The Bertz CT molecular complexity index is 701. The van der Waals surface area contributed by atoms with Crippen LogP contribution >= 0.6 is 0 Å². The molecule has 1 saturated heterocycles. The molecule has 1 amide bonds. The van der Waals surface area contributed by atoms with Gasteiger partial charge in [-0.3, -0.25) is 4.79 Å². The molecule has 1 heterocycles. The van der Waals surface area contributed by atoms with Crippen molar-refractivity contribution in [1.29, 1.82) is 0 Å². The summed E-state index contributed by atoms with van der Waals surface area (Å²) >= 11 is 0. The van der Waals surface area contributed by atoms with Crippen molar-refractivity contribution in [2.75, 3.05) is 25.4 Å². The number of aryl methyl sites for hydroxylation is 1. The molecule has 6 nitrogen and oxygen atoms in total. The third kappa shape index (κ3) is 6.81. The van der Waals surface area contributed by atoms with Gasteiger partial charge in [0.2, 0.25) is 15.9 Å². The highest BCUT2D eigenvalue weighted by atomic mass is 32.2. The smallest absolute Gasteiger partial charge is 0.224 e. The van der Waals surface area contributed by atoms with Crippen LogP contribution in [-0.2, 0) is 21.2 Å². The number of amides is 1. The van der Waals surface area contributed by atoms with Gasteiger partial charge in [-0.2, -0.15) is 0 Å². The van der Waals surface area contributed by atoms with Crippen molar-refractivity contribution in [3.05, 3.63) is 29.8 Å². The molecule has 1 N–H and O–H groups in total. The lowest BCUT2D eigenvalue weighted by atomic mass is 9.99. The normalized spacial score (nSPS) is 18.4. The van der Waals surface area contributed by atoms with Crippen LogP contribution in [0.25, 0.3) is 0 Å². The minimum absolute atomic E-state index is 0.0355. The first-order valence-electron chi connectivity index (χ1n) is 9.83. The van der Waals surface area contributed by atoms with E-state index in [2.05, 4.69) is 5.32 Å². The summed E-state index contributed by atoms with van der Waals surface area (Å²) < 4.78 is 31.1. The van der Waals surface area contributed by atoms with E-state index in [-0.39, 0.29) is 23.7 Å². The fraction of sp³-hybridized carbons (Fsp3) is 0.650. The van der Waals surface area contributed by atoms with Crippen LogP contribution in [0.15, 0.2) is 24.3 Å². The molecule has 1 aliphatic rings. The van der Waals surface area contributed by atoms with Crippen molar-refractivity contribution < 1.29 is 17.9 Å². The maximum atomic E-state index is 12.4. The lowest BCUT2D eigenvalue weighted by Crippen LogP contribution is -2.46. The number of carbonyl (C=O) groups excluding carboxylic acids is 1. The second-order valence-corrected chi connectivity index (χ2v) is 9.56. The first-order valence-corrected chi connectivity index (χ1v) is 11.4. The summed E-state index contributed by atoms with van der Waals surface area (Å²) in [5.74, 6) is 0.674. The highest BCUT2D eigenvalue weighted by Gasteiger charge is 2.31. The number of sulfonamides is 1. The molecule has 7 heteroatoms. The van der Waals surface area contributed by atoms with E-state index in [1.54, 1.807) is 6.92 Å². The van der Waals surface area contributed by atoms with Gasteiger partial charge in [-0.25, -0.2) is 12.7 Å². The Morgan fingerprint density at radius 1 is 1.30 bits per heavy atom. The Morgan fingerprint density at radius 2 is 2.00 bits per heavy atom. The van der Waals surface area contributed by atoms with E-state index in [1.807, 2.05) is 38.1 Å². The van der Waals surface area contributed by atoms with Gasteiger partial charge in [-0.15, -0.1) is 0 Å². The summed E-state index contributed by atoms with van der Waals surface area (Å²) in [4.78, 5) is 12.4. The van der Waals surface area contributed by atoms with Gasteiger partial charge in [-0.1, -0.05) is 12.1 Å². The molecular weight excluding hydrogens is 364 g/mol. The summed E-state index contributed by atoms with van der Waals surface area (Å²) in [5.41, 5.74) is 1.21. The van der Waals surface area contributed by atoms with Gasteiger partial charge in [0, 0.05) is 19.6 Å². The van der Waals surface area contributed by atoms with Crippen LogP contribution in [0.3, 0.4) is 0 Å². The van der Waals surface area contributed by atoms with Crippen LogP contribution in [-0.4, -0.2) is 50.1 Å². The molecule has 0 saturated carbocycles. The van der Waals surface area contributed by atoms with Gasteiger partial charge in [0.05, 0.1) is 17.8 Å². The number of piperidine rings is 1. The number of hydrogen-bond acceptors (Lipinski definition) is 4. The summed E-state index contributed by atoms with van der Waals surface area (Å²) in [5, 5.41) is 2.97. The Morgan fingerprint density at radius 3 is 2.63 bits per heavy atom. The molecular formula is C20H32N2O4S. The zero-order chi connectivity index (χ0) is 19.9. The lowest BCUT2D eigenvalue weighted by Gasteiger charge is -2.30. The third-order valence-corrected chi connectivity index (χ3v) is 6.60. The van der Waals surface area contributed by atoms with E-state index >= 15 is 0 Å². The standard InChI is InChI=1S/C20H32N2O4S/c1-4-27(24,25)22-14-6-8-18(15-22)20(23)21-13-5-7-17-9-11-19(12-10-17)26-16(2)3/h9-12,16,18H,4-8,13-15H2,1-3H3,(H,21,23)/t18-/m0/s1. The second kappa shape index (κ2) is 10.1. The molecule has 1 fully saturated rings. The molecule has 1 aromatic carbocycles. The quantitative estimate of drug-likeness (QED) is 0.651. The molecule has 0 aromatic heterocycles. The van der Waals surface area contributed by atoms with E-state index in [1.165, 1.54) is 9.87 Å². The number of nitrogens with one attached hydrogen (secondary N) is 1. The maximum Gasteiger partial charge on any atom is 0.224 e. The van der Waals surface area contributed by atoms with Gasteiger partial charge in [0.15, 0.2) is 0 Å². The van der Waals surface area contributed by atoms with Crippen molar-refractivity contribution in [2.45, 2.75) is 52.6 Å². The van der Waals surface area contributed by atoms with Crippen molar-refractivity contribution in [3.63, 3.8) is 0 Å². The molecule has 0 bridgehead atoms. The number of carbonyl (C=O) groups is 1. The van der Waals surface area contributed by atoms with Crippen molar-refractivity contribution in [2.24, 2.45) is 5.92 Å². The topological polar surface area (TPSA) is 75.7 Å². The monoisotopic (exact) mass is 396 g/mol. The number of rotatable bonds is 9. The Kier molecular flexibility index (Phi) is 8.10. The molecule has 1 aliphatic heterocycles. The SMILES string of the molecule is CCS(=O)(=O)N1CCC[C@H](C(=O)NCCCc2ccc(OC(C)C)cc2)C1. The second-order valence-electron chi connectivity index (χ2n) is 7.30. The van der Waals surface area contributed by atoms with E-state index < -0.39 is 10.0 Å². The van der Waals surface area contributed by atoms with E-state index in [9.17, 15) is 13.2 Å². The molecule has 0 aliphatic carbocycles. The number of nitrogens with zero attached hydrogens (tertiary/aromatic N) is 1. The highest BCUT2D eigenvalue weighted by Crippen LogP contribution is 2.20. The number of ether oxygens (including phenoxy) is 1. The summed E-state index contributed by atoms with van der Waals surface area (Å²) in [6.45, 7) is 7.07. The predicted octanol–water partition coefficient (Wildman–Crippen LogP) is 2.58. The summed E-state index contributed by atoms with van der Waals surface area (Å²) in [6, 6.07) is 8.04. The number of hydrogen-bond donors (Lipinski definition) is 1. The summed E-state index contributed by atoms with van der Waals surface area (Å²) in [6.07, 6.45) is 3.37. The van der Waals surface area contributed by atoms with E-state index in [4.69, 9.17) is 4.74 Å². The molecule has 0 radical (unpaired) electrons. The minimum atomic E-state index is -3.22. The zero-order valence-corrected chi connectivity index (χ0v) is 17.4. The predicted molar refractivity (Wildman–Crippen MR) is 107 cm³/mol. The fourth-order valence-corrected chi connectivity index (χ4v) is 4.43. The largest absolute Gasteiger partial charge is 0.491 e. The Labute approximate surface area is 163 Å². The minimum Gasteiger partial charge on any atom is -0.491 e. The first kappa shape index (κ1) is 21.7. The Hall–Kier alpha value is -1.60. The highest BCUT2D eigenvalue weighted by molar-refractivity contribution is 7.89. The van der Waals surface area contributed by atoms with Crippen molar-refractivity contribution in [3.8, 4) is 5.75 Å². The average molecular weight is 397 g/mol. The average Bonchev–Trinajstić information content (AvgIpc) is 2.66. The molecule has 1 atom stereocenters. The van der Waals surface area contributed by atoms with Crippen LogP contribution in [0.4, 0.5) is 0 Å². The molecule has 0 spiro atoms. The molecule has 27 heavy (non-hydrogen) atoms. The Balaban J connectivity index is 1.72. The molecule has 2 rings (SSSR count). The van der Waals surface area contributed by atoms with E-state index in [0.717, 1.165) is 31.4 Å². The molecule has 0 unspecified atom stereocenters. The first-order chi connectivity index (χ1) is 12.8. The van der Waals surface area contributed by atoms with Crippen LogP contribution in [0.1, 0.15) is 45.6 Å². The van der Waals surface area contributed by atoms with Crippen LogP contribution in [0.5, 0.6) is 5.75 Å². The summed E-state index contributed by atoms with van der Waals surface area (Å²) in [7, 11) is -3.22. The van der Waals surface area contributed by atoms with Gasteiger partial charge < -0.3 is 10.1 Å². The van der Waals surface area contributed by atoms with Crippen LogP contribution < -0.4 is 10.1 Å². The van der Waals surface area contributed by atoms with Gasteiger partial charge in [0.25, 0.3) is 0 Å². The van der Waals surface area contributed by atoms with Crippen molar-refractivity contribution >= 4 is 15.9 Å². The number of benzene rings is 1. The van der Waals surface area contributed by atoms with Crippen LogP contribution in [0, 0.1) is 5.92 Å². The van der Waals surface area contributed by atoms with Gasteiger partial charge in [0.1, 0.15) is 5.75 Å². The van der Waals surface area contributed by atoms with E-state index in [0.29, 0.717) is 19.6 Å². The van der Waals surface area contributed by atoms with Crippen molar-refractivity contribution in [1.82, 2.24) is 9.62 Å². The maximum absolute atomic E-state index is 12.4. The lowest BCUT2D eigenvalue weighted by molar-refractivity contribution is -0.126. The van der Waals surface area contributed by atoms with Gasteiger partial charge >= 0.3 is 0 Å². The molecule has 1 aromatic rings. The third-order valence-electron chi connectivity index (χ3n) is 4.75.